The van der Waals surface area contributed by atoms with Gasteiger partial charge in [0, 0.05) is 7.26 Å². The van der Waals surface area contributed by atoms with Gasteiger partial charge in [0.1, 0.15) is 0 Å². The molecule has 19 heavy (non-hydrogen) atoms. The molecule has 0 rings (SSSR count). The largest absolute Gasteiger partial charge is 0.0654 e. The van der Waals surface area contributed by atoms with Gasteiger partial charge in [-0.2, -0.15) is 0 Å². The van der Waals surface area contributed by atoms with Gasteiger partial charge in [-0.05, 0) is 38.5 Å². The van der Waals surface area contributed by atoms with Crippen LogP contribution in [0.3, 0.4) is 0 Å². The van der Waals surface area contributed by atoms with Crippen molar-refractivity contribution in [3.8, 4) is 0 Å². The van der Waals surface area contributed by atoms with Crippen LogP contribution in [0.2, 0.25) is 0 Å². The molecule has 0 aliphatic rings. The lowest BCUT2D eigenvalue weighted by Crippen LogP contribution is -2.12. The lowest BCUT2D eigenvalue weighted by molar-refractivity contribution is 0.691. The highest BCUT2D eigenvalue weighted by atomic mass is 31.2. The van der Waals surface area contributed by atoms with E-state index in [-0.39, 0.29) is 0 Å². The predicted octanol–water partition coefficient (Wildman–Crippen LogP) is 6.98. The highest BCUT2D eigenvalue weighted by Crippen LogP contribution is 2.61. The number of hydrogen-bond acceptors (Lipinski definition) is 0. The summed E-state index contributed by atoms with van der Waals surface area (Å²) in [6.45, 7) is 9.46. The Morgan fingerprint density at radius 2 is 0.842 bits per heavy atom. The molecule has 0 unspecified atom stereocenters. The fraction of sp³-hybridized carbons (Fsp3) is 1.00. The van der Waals surface area contributed by atoms with Gasteiger partial charge >= 0.3 is 0 Å². The van der Waals surface area contributed by atoms with Gasteiger partial charge in [-0.25, -0.2) is 0 Å². The predicted molar refractivity (Wildman–Crippen MR) is 95.3 cm³/mol. The van der Waals surface area contributed by atoms with Gasteiger partial charge in [0.15, 0.2) is 0 Å². The summed E-state index contributed by atoms with van der Waals surface area (Å²) in [6.07, 6.45) is 20.9. The molecule has 0 N–H and O–H groups in total. The quantitative estimate of drug-likeness (QED) is 0.239. The molecule has 0 aromatic carbocycles. The molecule has 0 fully saturated rings. The highest BCUT2D eigenvalue weighted by Gasteiger charge is 2.33. The first-order valence-corrected chi connectivity index (χ1v) is 11.6. The summed E-state index contributed by atoms with van der Waals surface area (Å²) in [6, 6.07) is 0. The van der Waals surface area contributed by atoms with Gasteiger partial charge in [-0.1, -0.05) is 53.4 Å². The summed E-state index contributed by atoms with van der Waals surface area (Å²) in [4.78, 5) is 0. The summed E-state index contributed by atoms with van der Waals surface area (Å²) < 4.78 is 0. The van der Waals surface area contributed by atoms with Gasteiger partial charge in [0.25, 0.3) is 0 Å². The lowest BCUT2D eigenvalue weighted by atomic mass is 10.2. The molecule has 1 heteroatoms. The van der Waals surface area contributed by atoms with E-state index in [9.17, 15) is 0 Å². The van der Waals surface area contributed by atoms with E-state index < -0.39 is 7.26 Å². The van der Waals surface area contributed by atoms with Crippen molar-refractivity contribution in [2.45, 2.75) is 91.9 Å². The van der Waals surface area contributed by atoms with Crippen molar-refractivity contribution < 1.29 is 0 Å². The topological polar surface area (TPSA) is 0 Å². The average Bonchev–Trinajstić information content (AvgIpc) is 2.41. The third-order valence-electron chi connectivity index (χ3n) is 4.37. The highest BCUT2D eigenvalue weighted by molar-refractivity contribution is 7.75. The maximum atomic E-state index is 2.41. The van der Waals surface area contributed by atoms with E-state index in [1.807, 2.05) is 0 Å². The zero-order chi connectivity index (χ0) is 14.4. The first-order valence-electron chi connectivity index (χ1n) is 9.09. The fourth-order valence-electron chi connectivity index (χ4n) is 3.37. The summed E-state index contributed by atoms with van der Waals surface area (Å²) >= 11 is 0. The summed E-state index contributed by atoms with van der Waals surface area (Å²) in [5.41, 5.74) is 0. The maximum Gasteiger partial charge on any atom is 0.0594 e. The minimum Gasteiger partial charge on any atom is -0.0654 e. The molecular weight excluding hydrogens is 247 g/mol. The molecule has 0 aliphatic carbocycles. The summed E-state index contributed by atoms with van der Waals surface area (Å²) in [5, 5.41) is 0. The molecule has 0 nitrogen and oxygen atoms in total. The minimum atomic E-state index is -0.577. The van der Waals surface area contributed by atoms with E-state index in [4.69, 9.17) is 0 Å². The van der Waals surface area contributed by atoms with E-state index in [1.54, 1.807) is 24.6 Å². The van der Waals surface area contributed by atoms with Crippen LogP contribution in [-0.4, -0.2) is 24.6 Å². The third-order valence-corrected chi connectivity index (χ3v) is 9.69. The Morgan fingerprint density at radius 1 is 0.421 bits per heavy atom. The normalized spacial score (nSPS) is 12.0. The Bertz CT molecular complexity index is 157. The minimum absolute atomic E-state index is 0.577. The Hall–Kier alpha value is 0.430. The van der Waals surface area contributed by atoms with E-state index >= 15 is 0 Å². The summed E-state index contributed by atoms with van der Waals surface area (Å²) in [5.74, 6) is 0. The maximum absolute atomic E-state index is 2.41. The molecule has 0 radical (unpaired) electrons. The van der Waals surface area contributed by atoms with E-state index in [0.717, 1.165) is 0 Å². The summed E-state index contributed by atoms with van der Waals surface area (Å²) in [7, 11) is -0.577. The van der Waals surface area contributed by atoms with Crippen molar-refractivity contribution in [3.63, 3.8) is 0 Å². The molecular formula is C18H40P+. The molecule has 0 heterocycles. The Kier molecular flexibility index (Phi) is 13.7. The van der Waals surface area contributed by atoms with Crippen molar-refractivity contribution in [1.29, 1.82) is 0 Å². The second-order valence-corrected chi connectivity index (χ2v) is 10.8. The number of hydrogen-bond donors (Lipinski definition) is 0. The monoisotopic (exact) mass is 287 g/mol. The molecule has 0 aliphatic heterocycles. The van der Waals surface area contributed by atoms with Gasteiger partial charge in [0.05, 0.1) is 24.6 Å². The van der Waals surface area contributed by atoms with Crippen LogP contribution in [0.15, 0.2) is 0 Å². The van der Waals surface area contributed by atoms with Crippen LogP contribution in [0.1, 0.15) is 91.9 Å². The van der Waals surface area contributed by atoms with E-state index in [2.05, 4.69) is 27.7 Å². The first-order chi connectivity index (χ1) is 9.24. The van der Waals surface area contributed by atoms with Crippen LogP contribution in [0.5, 0.6) is 0 Å². The SMILES string of the molecule is CCCCCC[P+](CCC)(CCC)CCCCCC. The molecule has 0 saturated heterocycles. The first kappa shape index (κ1) is 19.4. The lowest BCUT2D eigenvalue weighted by Gasteiger charge is -2.27. The van der Waals surface area contributed by atoms with Crippen LogP contribution < -0.4 is 0 Å². The second kappa shape index (κ2) is 13.4. The van der Waals surface area contributed by atoms with Crippen LogP contribution in [-0.2, 0) is 0 Å². The fourth-order valence-corrected chi connectivity index (χ4v) is 8.40. The van der Waals surface area contributed by atoms with Crippen molar-refractivity contribution >= 4 is 7.26 Å². The zero-order valence-corrected chi connectivity index (χ0v) is 15.2. The van der Waals surface area contributed by atoms with Gasteiger partial charge in [0.2, 0.25) is 0 Å². The van der Waals surface area contributed by atoms with Crippen LogP contribution in [0, 0.1) is 0 Å². The van der Waals surface area contributed by atoms with Crippen molar-refractivity contribution in [2.75, 3.05) is 24.6 Å². The van der Waals surface area contributed by atoms with Crippen LogP contribution >= 0.6 is 7.26 Å². The van der Waals surface area contributed by atoms with E-state index in [0.29, 0.717) is 0 Å². The smallest absolute Gasteiger partial charge is 0.0594 e. The Labute approximate surface area is 124 Å². The molecule has 0 aromatic heterocycles. The van der Waals surface area contributed by atoms with Gasteiger partial charge < -0.3 is 0 Å². The third kappa shape index (κ3) is 9.89. The molecule has 0 aromatic rings. The standard InChI is InChI=1S/C18H40P/c1-5-9-11-13-17-19(15-7-3,16-8-4)18-14-12-10-6-2/h5-18H2,1-4H3/q+1. The molecule has 0 atom stereocenters. The number of unbranched alkanes of at least 4 members (excludes halogenated alkanes) is 6. The van der Waals surface area contributed by atoms with Crippen molar-refractivity contribution in [3.05, 3.63) is 0 Å². The molecule has 0 amide bonds. The van der Waals surface area contributed by atoms with Gasteiger partial charge in [-0.15, -0.1) is 0 Å². The Balaban J connectivity index is 4.22. The van der Waals surface area contributed by atoms with Gasteiger partial charge in [-0.3, -0.25) is 0 Å². The molecule has 0 saturated carbocycles. The molecule has 0 spiro atoms. The zero-order valence-electron chi connectivity index (χ0n) is 14.3. The van der Waals surface area contributed by atoms with Crippen molar-refractivity contribution in [2.24, 2.45) is 0 Å². The molecule has 116 valence electrons. The number of rotatable bonds is 14. The Morgan fingerprint density at radius 3 is 1.16 bits per heavy atom. The van der Waals surface area contributed by atoms with Crippen LogP contribution in [0.4, 0.5) is 0 Å². The second-order valence-electron chi connectivity index (χ2n) is 6.36. The van der Waals surface area contributed by atoms with Crippen LogP contribution in [0.25, 0.3) is 0 Å². The van der Waals surface area contributed by atoms with Crippen molar-refractivity contribution in [1.82, 2.24) is 0 Å². The van der Waals surface area contributed by atoms with E-state index in [1.165, 1.54) is 64.2 Å². The average molecular weight is 287 g/mol. The molecule has 0 bridgehead atoms.